The fourth-order valence-corrected chi connectivity index (χ4v) is 0.586. The maximum atomic E-state index is 8.63. The summed E-state index contributed by atoms with van der Waals surface area (Å²) in [6.45, 7) is 2.12. The molecule has 0 aliphatic rings. The maximum Gasteiger partial charge on any atom is 0.0693 e. The molecule has 0 aromatic heterocycles. The van der Waals surface area contributed by atoms with Gasteiger partial charge in [0.25, 0.3) is 0 Å². The lowest BCUT2D eigenvalue weighted by Gasteiger charge is -1.91. The lowest BCUT2D eigenvalue weighted by Crippen LogP contribution is -1.90. The van der Waals surface area contributed by atoms with Crippen LogP contribution in [0, 0.1) is 0 Å². The third kappa shape index (κ3) is 3.91. The fraction of sp³-hybridized carbons (Fsp3) is 0.571. The second-order valence-electron chi connectivity index (χ2n) is 1.73. The summed E-state index contributed by atoms with van der Waals surface area (Å²) in [5.41, 5.74) is 0.889. The van der Waals surface area contributed by atoms with Crippen molar-refractivity contribution in [3.05, 3.63) is 11.6 Å². The number of aliphatic hydroxyl groups is 1. The molecule has 0 aliphatic heterocycles. The summed E-state index contributed by atoms with van der Waals surface area (Å²) < 4.78 is 0. The van der Waals surface area contributed by atoms with Crippen molar-refractivity contribution in [2.75, 3.05) is 13.7 Å². The summed E-state index contributed by atoms with van der Waals surface area (Å²) in [6, 6.07) is 0. The van der Waals surface area contributed by atoms with Crippen LogP contribution >= 0.6 is 0 Å². The van der Waals surface area contributed by atoms with Crippen LogP contribution < -0.4 is 0 Å². The molecule has 2 nitrogen and oxygen atoms in total. The molecule has 52 valence electrons. The van der Waals surface area contributed by atoms with Crippen molar-refractivity contribution < 1.29 is 5.11 Å². The van der Waals surface area contributed by atoms with E-state index in [4.69, 9.17) is 5.11 Å². The Morgan fingerprint density at radius 3 is 2.67 bits per heavy atom. The Balaban J connectivity index is 3.81. The second kappa shape index (κ2) is 5.51. The van der Waals surface area contributed by atoms with Crippen molar-refractivity contribution in [1.29, 1.82) is 0 Å². The quantitative estimate of drug-likeness (QED) is 0.564. The highest BCUT2D eigenvalue weighted by Gasteiger charge is 1.84. The van der Waals surface area contributed by atoms with Gasteiger partial charge in [-0.3, -0.25) is 4.99 Å². The Kier molecular flexibility index (Phi) is 5.12. The molecule has 0 amide bonds. The average molecular weight is 127 g/mol. The predicted octanol–water partition coefficient (Wildman–Crippen LogP) is 1.02. The molecule has 0 rings (SSSR count). The predicted molar refractivity (Wildman–Crippen MR) is 39.9 cm³/mol. The van der Waals surface area contributed by atoms with E-state index in [9.17, 15) is 0 Å². The molecule has 0 bridgehead atoms. The van der Waals surface area contributed by atoms with Crippen LogP contribution in [-0.4, -0.2) is 25.0 Å². The average Bonchev–Trinajstić information content (AvgIpc) is 1.88. The Morgan fingerprint density at radius 2 is 2.33 bits per heavy atom. The number of allylic oxidation sites excluding steroid dienone is 1. The SMILES string of the molecule is CC/C=C(\C=NC)CO. The molecule has 0 atom stereocenters. The minimum Gasteiger partial charge on any atom is -0.392 e. The molecule has 0 saturated heterocycles. The highest BCUT2D eigenvalue weighted by Crippen LogP contribution is 1.90. The Morgan fingerprint density at radius 1 is 1.67 bits per heavy atom. The van der Waals surface area contributed by atoms with Gasteiger partial charge in [-0.2, -0.15) is 0 Å². The fourth-order valence-electron chi connectivity index (χ4n) is 0.586. The van der Waals surface area contributed by atoms with Gasteiger partial charge in [0.05, 0.1) is 6.61 Å². The van der Waals surface area contributed by atoms with Crippen molar-refractivity contribution in [3.8, 4) is 0 Å². The molecular formula is C7H13NO. The van der Waals surface area contributed by atoms with Gasteiger partial charge in [-0.25, -0.2) is 0 Å². The first-order chi connectivity index (χ1) is 4.35. The Hall–Kier alpha value is -0.630. The topological polar surface area (TPSA) is 32.6 Å². The van der Waals surface area contributed by atoms with Gasteiger partial charge in [-0.15, -0.1) is 0 Å². The molecular weight excluding hydrogens is 114 g/mol. The van der Waals surface area contributed by atoms with E-state index in [1.807, 2.05) is 13.0 Å². The standard InChI is InChI=1S/C7H13NO/c1-3-4-7(6-9)5-8-2/h4-5,9H,3,6H2,1-2H3/b7-4+,8-5?. The minimum atomic E-state index is 0.0885. The lowest BCUT2D eigenvalue weighted by atomic mass is 10.2. The molecule has 0 radical (unpaired) electrons. The third-order valence-electron chi connectivity index (χ3n) is 0.944. The first kappa shape index (κ1) is 8.37. The third-order valence-corrected chi connectivity index (χ3v) is 0.944. The van der Waals surface area contributed by atoms with Crippen LogP contribution in [0.15, 0.2) is 16.6 Å². The van der Waals surface area contributed by atoms with Gasteiger partial charge >= 0.3 is 0 Å². The molecule has 0 saturated carbocycles. The molecule has 0 aromatic carbocycles. The highest BCUT2D eigenvalue weighted by atomic mass is 16.3. The lowest BCUT2D eigenvalue weighted by molar-refractivity contribution is 0.337. The van der Waals surface area contributed by atoms with Gasteiger partial charge in [-0.05, 0) is 12.0 Å². The van der Waals surface area contributed by atoms with Crippen molar-refractivity contribution in [3.63, 3.8) is 0 Å². The van der Waals surface area contributed by atoms with Gasteiger partial charge < -0.3 is 5.11 Å². The number of hydrogen-bond acceptors (Lipinski definition) is 2. The monoisotopic (exact) mass is 127 g/mol. The van der Waals surface area contributed by atoms with E-state index in [0.29, 0.717) is 0 Å². The van der Waals surface area contributed by atoms with Crippen LogP contribution in [0.3, 0.4) is 0 Å². The van der Waals surface area contributed by atoms with E-state index in [1.165, 1.54) is 0 Å². The van der Waals surface area contributed by atoms with E-state index < -0.39 is 0 Å². The van der Waals surface area contributed by atoms with Crippen molar-refractivity contribution >= 4 is 6.21 Å². The van der Waals surface area contributed by atoms with E-state index in [-0.39, 0.29) is 6.61 Å². The molecule has 0 unspecified atom stereocenters. The van der Waals surface area contributed by atoms with E-state index >= 15 is 0 Å². The van der Waals surface area contributed by atoms with Crippen LogP contribution in [0.5, 0.6) is 0 Å². The van der Waals surface area contributed by atoms with E-state index in [1.54, 1.807) is 13.3 Å². The van der Waals surface area contributed by atoms with Gasteiger partial charge in [0.15, 0.2) is 0 Å². The second-order valence-corrected chi connectivity index (χ2v) is 1.73. The van der Waals surface area contributed by atoms with Crippen molar-refractivity contribution in [2.45, 2.75) is 13.3 Å². The molecule has 0 fully saturated rings. The number of hydrogen-bond donors (Lipinski definition) is 1. The smallest absolute Gasteiger partial charge is 0.0693 e. The molecule has 0 heterocycles. The Labute approximate surface area is 55.9 Å². The van der Waals surface area contributed by atoms with E-state index in [0.717, 1.165) is 12.0 Å². The summed E-state index contributed by atoms with van der Waals surface area (Å²) in [5, 5.41) is 8.63. The van der Waals surface area contributed by atoms with Gasteiger partial charge in [0, 0.05) is 13.3 Å². The van der Waals surface area contributed by atoms with Crippen LogP contribution in [0.2, 0.25) is 0 Å². The Bertz CT molecular complexity index is 116. The largest absolute Gasteiger partial charge is 0.392 e. The first-order valence-electron chi connectivity index (χ1n) is 3.07. The molecule has 0 aromatic rings. The van der Waals surface area contributed by atoms with Crippen LogP contribution in [-0.2, 0) is 0 Å². The summed E-state index contributed by atoms with van der Waals surface area (Å²) in [7, 11) is 1.69. The summed E-state index contributed by atoms with van der Waals surface area (Å²) in [5.74, 6) is 0. The van der Waals surface area contributed by atoms with Crippen molar-refractivity contribution in [1.82, 2.24) is 0 Å². The number of rotatable bonds is 3. The first-order valence-corrected chi connectivity index (χ1v) is 3.07. The molecule has 9 heavy (non-hydrogen) atoms. The van der Waals surface area contributed by atoms with Crippen LogP contribution in [0.4, 0.5) is 0 Å². The highest BCUT2D eigenvalue weighted by molar-refractivity contribution is 5.78. The summed E-state index contributed by atoms with van der Waals surface area (Å²) in [4.78, 5) is 3.77. The molecule has 1 N–H and O–H groups in total. The zero-order valence-corrected chi connectivity index (χ0v) is 5.96. The molecule has 0 spiro atoms. The number of aliphatic imine (C=N–C) groups is 1. The molecule has 0 aliphatic carbocycles. The normalized spacial score (nSPS) is 13.0. The zero-order chi connectivity index (χ0) is 7.11. The van der Waals surface area contributed by atoms with Gasteiger partial charge in [0.2, 0.25) is 0 Å². The number of aliphatic hydroxyl groups excluding tert-OH is 1. The summed E-state index contributed by atoms with van der Waals surface area (Å²) >= 11 is 0. The maximum absolute atomic E-state index is 8.63. The van der Waals surface area contributed by atoms with Crippen LogP contribution in [0.1, 0.15) is 13.3 Å². The van der Waals surface area contributed by atoms with Gasteiger partial charge in [-0.1, -0.05) is 13.0 Å². The van der Waals surface area contributed by atoms with Gasteiger partial charge in [0.1, 0.15) is 0 Å². The molecule has 2 heteroatoms. The van der Waals surface area contributed by atoms with E-state index in [2.05, 4.69) is 4.99 Å². The number of nitrogens with zero attached hydrogens (tertiary/aromatic N) is 1. The minimum absolute atomic E-state index is 0.0885. The van der Waals surface area contributed by atoms with Crippen LogP contribution in [0.25, 0.3) is 0 Å². The van der Waals surface area contributed by atoms with Crippen molar-refractivity contribution in [2.24, 2.45) is 4.99 Å². The summed E-state index contributed by atoms with van der Waals surface area (Å²) in [6.07, 6.45) is 4.57. The zero-order valence-electron chi connectivity index (χ0n) is 5.96.